The van der Waals surface area contributed by atoms with Gasteiger partial charge in [0.15, 0.2) is 11.5 Å². The van der Waals surface area contributed by atoms with Crippen molar-refractivity contribution in [3.8, 4) is 23.8 Å². The van der Waals surface area contributed by atoms with E-state index in [9.17, 15) is 4.79 Å². The molecule has 0 aliphatic carbocycles. The summed E-state index contributed by atoms with van der Waals surface area (Å²) >= 11 is 0. The molecule has 94 valence electrons. The molecule has 0 radical (unpaired) electrons. The number of hydrogen-bond acceptors (Lipinski definition) is 4. The number of anilines is 1. The molecule has 0 spiro atoms. The Kier molecular flexibility index (Phi) is 4.05. The molecule has 0 saturated carbocycles. The van der Waals surface area contributed by atoms with Crippen molar-refractivity contribution in [2.75, 3.05) is 31.6 Å². The molecule has 0 atom stereocenters. The maximum Gasteiger partial charge on any atom is 0.238 e. The van der Waals surface area contributed by atoms with Gasteiger partial charge in [0.05, 0.1) is 13.1 Å². The molecule has 18 heavy (non-hydrogen) atoms. The number of rotatable bonds is 4. The van der Waals surface area contributed by atoms with Gasteiger partial charge in [-0.2, -0.15) is 0 Å². The lowest BCUT2D eigenvalue weighted by Crippen LogP contribution is -2.28. The molecule has 0 saturated heterocycles. The first-order valence-electron chi connectivity index (χ1n) is 5.63. The number of fused-ring (bicyclic) bond motifs is 1. The summed E-state index contributed by atoms with van der Waals surface area (Å²) in [7, 11) is 0. The molecule has 0 fully saturated rings. The van der Waals surface area contributed by atoms with Crippen molar-refractivity contribution in [2.45, 2.75) is 0 Å². The number of benzene rings is 1. The topological polar surface area (TPSA) is 59.6 Å². The second kappa shape index (κ2) is 5.94. The molecule has 5 nitrogen and oxygen atoms in total. The van der Waals surface area contributed by atoms with Crippen LogP contribution in [0, 0.1) is 12.3 Å². The van der Waals surface area contributed by atoms with Crippen molar-refractivity contribution < 1.29 is 14.3 Å². The Labute approximate surface area is 105 Å². The number of carbonyl (C=O) groups excluding carboxylic acids is 1. The summed E-state index contributed by atoms with van der Waals surface area (Å²) in [6, 6.07) is 5.29. The summed E-state index contributed by atoms with van der Waals surface area (Å²) < 4.78 is 10.8. The minimum atomic E-state index is -0.151. The number of carbonyl (C=O) groups is 1. The third-order valence-electron chi connectivity index (χ3n) is 2.34. The van der Waals surface area contributed by atoms with E-state index in [0.717, 1.165) is 0 Å². The van der Waals surface area contributed by atoms with Crippen LogP contribution in [0.5, 0.6) is 11.5 Å². The van der Waals surface area contributed by atoms with Crippen LogP contribution in [0.3, 0.4) is 0 Å². The second-order valence-electron chi connectivity index (χ2n) is 3.71. The van der Waals surface area contributed by atoms with E-state index in [1.54, 1.807) is 18.2 Å². The van der Waals surface area contributed by atoms with Crippen LogP contribution in [0.4, 0.5) is 5.69 Å². The van der Waals surface area contributed by atoms with Gasteiger partial charge in [0.1, 0.15) is 13.2 Å². The van der Waals surface area contributed by atoms with Gasteiger partial charge in [-0.3, -0.25) is 10.1 Å². The number of hydrogen-bond donors (Lipinski definition) is 2. The zero-order valence-electron chi connectivity index (χ0n) is 9.86. The molecule has 1 aromatic rings. The Morgan fingerprint density at radius 2 is 2.11 bits per heavy atom. The van der Waals surface area contributed by atoms with Crippen LogP contribution >= 0.6 is 0 Å². The largest absolute Gasteiger partial charge is 0.486 e. The van der Waals surface area contributed by atoms with Gasteiger partial charge in [0, 0.05) is 11.8 Å². The van der Waals surface area contributed by atoms with E-state index >= 15 is 0 Å². The Balaban J connectivity index is 1.93. The lowest BCUT2D eigenvalue weighted by Gasteiger charge is -2.19. The minimum absolute atomic E-state index is 0.151. The fourth-order valence-electron chi connectivity index (χ4n) is 1.57. The highest BCUT2D eigenvalue weighted by Gasteiger charge is 2.12. The Morgan fingerprint density at radius 1 is 1.33 bits per heavy atom. The molecule has 1 heterocycles. The Morgan fingerprint density at radius 3 is 2.89 bits per heavy atom. The van der Waals surface area contributed by atoms with Crippen LogP contribution in [0.15, 0.2) is 18.2 Å². The SMILES string of the molecule is C#CCNCC(=O)Nc1ccc2c(c1)OCCO2. The molecule has 5 heteroatoms. The summed E-state index contributed by atoms with van der Waals surface area (Å²) in [5, 5.41) is 5.56. The lowest BCUT2D eigenvalue weighted by atomic mass is 10.2. The van der Waals surface area contributed by atoms with Crippen molar-refractivity contribution in [3.05, 3.63) is 18.2 Å². The molecule has 1 aliphatic heterocycles. The van der Waals surface area contributed by atoms with Gasteiger partial charge >= 0.3 is 0 Å². The zero-order chi connectivity index (χ0) is 12.8. The summed E-state index contributed by atoms with van der Waals surface area (Å²) in [4.78, 5) is 11.5. The summed E-state index contributed by atoms with van der Waals surface area (Å²) in [6.07, 6.45) is 5.07. The highest BCUT2D eigenvalue weighted by Crippen LogP contribution is 2.32. The average Bonchev–Trinajstić information content (AvgIpc) is 2.39. The number of nitrogens with one attached hydrogen (secondary N) is 2. The first kappa shape index (κ1) is 12.3. The maximum absolute atomic E-state index is 11.5. The summed E-state index contributed by atoms with van der Waals surface area (Å²) in [5.41, 5.74) is 0.673. The molecule has 0 unspecified atom stereocenters. The van der Waals surface area contributed by atoms with E-state index in [1.807, 2.05) is 0 Å². The standard InChI is InChI=1S/C13H14N2O3/c1-2-5-14-9-13(16)15-10-3-4-11-12(8-10)18-7-6-17-11/h1,3-4,8,14H,5-7,9H2,(H,15,16). The van der Waals surface area contributed by atoms with E-state index in [4.69, 9.17) is 15.9 Å². The molecular formula is C13H14N2O3. The van der Waals surface area contributed by atoms with Gasteiger partial charge in [-0.05, 0) is 12.1 Å². The fraction of sp³-hybridized carbons (Fsp3) is 0.308. The predicted molar refractivity (Wildman–Crippen MR) is 67.8 cm³/mol. The fourth-order valence-corrected chi connectivity index (χ4v) is 1.57. The second-order valence-corrected chi connectivity index (χ2v) is 3.71. The molecule has 2 rings (SSSR count). The highest BCUT2D eigenvalue weighted by atomic mass is 16.6. The number of terminal acetylenes is 1. The Bertz CT molecular complexity index is 480. The van der Waals surface area contributed by atoms with E-state index in [0.29, 0.717) is 36.9 Å². The van der Waals surface area contributed by atoms with Gasteiger partial charge in [-0.15, -0.1) is 6.42 Å². The van der Waals surface area contributed by atoms with Crippen molar-refractivity contribution in [1.29, 1.82) is 0 Å². The Hall–Kier alpha value is -2.19. The van der Waals surface area contributed by atoms with Crippen molar-refractivity contribution in [1.82, 2.24) is 5.32 Å². The smallest absolute Gasteiger partial charge is 0.238 e. The van der Waals surface area contributed by atoms with Crippen molar-refractivity contribution >= 4 is 11.6 Å². The molecule has 2 N–H and O–H groups in total. The maximum atomic E-state index is 11.5. The van der Waals surface area contributed by atoms with Gasteiger partial charge in [-0.25, -0.2) is 0 Å². The van der Waals surface area contributed by atoms with E-state index in [2.05, 4.69) is 16.6 Å². The minimum Gasteiger partial charge on any atom is -0.486 e. The van der Waals surface area contributed by atoms with Crippen molar-refractivity contribution in [3.63, 3.8) is 0 Å². The van der Waals surface area contributed by atoms with E-state index < -0.39 is 0 Å². The first-order valence-corrected chi connectivity index (χ1v) is 5.63. The molecule has 0 aromatic heterocycles. The van der Waals surface area contributed by atoms with Gasteiger partial charge in [-0.1, -0.05) is 5.92 Å². The average molecular weight is 246 g/mol. The van der Waals surface area contributed by atoms with Crippen LogP contribution in [0.1, 0.15) is 0 Å². The molecular weight excluding hydrogens is 232 g/mol. The van der Waals surface area contributed by atoms with Gasteiger partial charge in [0.25, 0.3) is 0 Å². The number of amides is 1. The summed E-state index contributed by atoms with van der Waals surface area (Å²) in [5.74, 6) is 3.60. The normalized spacial score (nSPS) is 12.6. The quantitative estimate of drug-likeness (QED) is 0.604. The monoisotopic (exact) mass is 246 g/mol. The summed E-state index contributed by atoms with van der Waals surface area (Å²) in [6.45, 7) is 1.62. The van der Waals surface area contributed by atoms with Crippen LogP contribution in [-0.4, -0.2) is 32.2 Å². The van der Waals surface area contributed by atoms with E-state index in [-0.39, 0.29) is 12.5 Å². The molecule has 1 aliphatic rings. The predicted octanol–water partition coefficient (Wildman–Crippen LogP) is 0.619. The van der Waals surface area contributed by atoms with Crippen molar-refractivity contribution in [2.24, 2.45) is 0 Å². The molecule has 1 aromatic carbocycles. The van der Waals surface area contributed by atoms with Crippen LogP contribution < -0.4 is 20.1 Å². The molecule has 1 amide bonds. The third-order valence-corrected chi connectivity index (χ3v) is 2.34. The van der Waals surface area contributed by atoms with Crippen LogP contribution in [0.25, 0.3) is 0 Å². The molecule has 0 bridgehead atoms. The first-order chi connectivity index (χ1) is 8.79. The third kappa shape index (κ3) is 3.15. The van der Waals surface area contributed by atoms with Gasteiger partial charge < -0.3 is 14.8 Å². The van der Waals surface area contributed by atoms with E-state index in [1.165, 1.54) is 0 Å². The highest BCUT2D eigenvalue weighted by molar-refractivity contribution is 5.92. The van der Waals surface area contributed by atoms with Crippen LogP contribution in [-0.2, 0) is 4.79 Å². The van der Waals surface area contributed by atoms with Gasteiger partial charge in [0.2, 0.25) is 5.91 Å². The number of ether oxygens (including phenoxy) is 2. The lowest BCUT2D eigenvalue weighted by molar-refractivity contribution is -0.115. The zero-order valence-corrected chi connectivity index (χ0v) is 9.86. The van der Waals surface area contributed by atoms with Crippen LogP contribution in [0.2, 0.25) is 0 Å².